The average Bonchev–Trinajstić information content (AvgIpc) is 2.61. The van der Waals surface area contributed by atoms with Crippen molar-refractivity contribution in [2.75, 3.05) is 0 Å². The van der Waals surface area contributed by atoms with Crippen LogP contribution in [0.5, 0.6) is 5.75 Å². The molecule has 1 N–H and O–H groups in total. The molecule has 0 saturated carbocycles. The first-order valence-corrected chi connectivity index (χ1v) is 7.43. The molecular weight excluding hydrogens is 307 g/mol. The van der Waals surface area contributed by atoms with E-state index in [2.05, 4.69) is 0 Å². The third kappa shape index (κ3) is 3.60. The molecule has 0 amide bonds. The summed E-state index contributed by atoms with van der Waals surface area (Å²) in [6.07, 6.45) is 0. The predicted molar refractivity (Wildman–Crippen MR) is 89.6 cm³/mol. The molecule has 0 atom stereocenters. The molecular formula is C20H15FO3. The first-order valence-electron chi connectivity index (χ1n) is 7.43. The van der Waals surface area contributed by atoms with Crippen LogP contribution in [-0.4, -0.2) is 11.1 Å². The largest absolute Gasteiger partial charge is 0.488 e. The molecule has 0 saturated heterocycles. The number of hydrogen-bond donors (Lipinski definition) is 1. The zero-order valence-electron chi connectivity index (χ0n) is 12.8. The number of hydrogen-bond acceptors (Lipinski definition) is 2. The average molecular weight is 322 g/mol. The molecule has 0 aliphatic rings. The predicted octanol–water partition coefficient (Wildman–Crippen LogP) is 4.77. The highest BCUT2D eigenvalue weighted by Gasteiger charge is 2.13. The Morgan fingerprint density at radius 2 is 1.58 bits per heavy atom. The van der Waals surface area contributed by atoms with Gasteiger partial charge in [-0.25, -0.2) is 9.18 Å². The summed E-state index contributed by atoms with van der Waals surface area (Å²) in [6.45, 7) is 0.289. The van der Waals surface area contributed by atoms with Crippen LogP contribution in [-0.2, 0) is 6.61 Å². The lowest BCUT2D eigenvalue weighted by Crippen LogP contribution is -2.03. The lowest BCUT2D eigenvalue weighted by molar-refractivity contribution is 0.0692. The number of rotatable bonds is 5. The number of benzene rings is 3. The Morgan fingerprint density at radius 3 is 2.25 bits per heavy atom. The third-order valence-corrected chi connectivity index (χ3v) is 3.62. The number of carboxylic acid groups (broad SMARTS) is 1. The molecule has 24 heavy (non-hydrogen) atoms. The molecule has 3 rings (SSSR count). The molecule has 0 aromatic heterocycles. The Morgan fingerprint density at radius 1 is 0.917 bits per heavy atom. The van der Waals surface area contributed by atoms with Crippen LogP contribution in [0.1, 0.15) is 15.9 Å². The van der Waals surface area contributed by atoms with E-state index in [1.807, 2.05) is 30.3 Å². The lowest BCUT2D eigenvalue weighted by Gasteiger charge is -2.11. The number of halogens is 1. The van der Waals surface area contributed by atoms with Crippen LogP contribution in [0.25, 0.3) is 11.1 Å². The first-order chi connectivity index (χ1) is 11.6. The van der Waals surface area contributed by atoms with E-state index in [0.29, 0.717) is 11.3 Å². The van der Waals surface area contributed by atoms with Crippen LogP contribution in [0, 0.1) is 5.82 Å². The van der Waals surface area contributed by atoms with E-state index in [-0.39, 0.29) is 18.0 Å². The normalized spacial score (nSPS) is 10.4. The van der Waals surface area contributed by atoms with Gasteiger partial charge in [0.05, 0.1) is 0 Å². The van der Waals surface area contributed by atoms with Crippen LogP contribution in [0.4, 0.5) is 4.39 Å². The second-order valence-electron chi connectivity index (χ2n) is 5.30. The van der Waals surface area contributed by atoms with Crippen molar-refractivity contribution in [2.45, 2.75) is 6.61 Å². The summed E-state index contributed by atoms with van der Waals surface area (Å²) in [5.41, 5.74) is 2.47. The minimum atomic E-state index is -1.07. The highest BCUT2D eigenvalue weighted by atomic mass is 19.1. The Balaban J connectivity index is 1.87. The van der Waals surface area contributed by atoms with Crippen molar-refractivity contribution in [1.82, 2.24) is 0 Å². The highest BCUT2D eigenvalue weighted by Crippen LogP contribution is 2.27. The lowest BCUT2D eigenvalue weighted by atomic mass is 10.0. The fourth-order valence-electron chi connectivity index (χ4n) is 2.38. The van der Waals surface area contributed by atoms with Crippen molar-refractivity contribution in [1.29, 1.82) is 0 Å². The first kappa shape index (κ1) is 15.7. The monoisotopic (exact) mass is 322 g/mol. The van der Waals surface area contributed by atoms with Crippen LogP contribution in [0.15, 0.2) is 72.8 Å². The minimum absolute atomic E-state index is 0.0766. The zero-order chi connectivity index (χ0) is 16.9. The molecule has 3 nitrogen and oxygen atoms in total. The number of carbonyl (C=O) groups is 1. The maximum atomic E-state index is 13.0. The highest BCUT2D eigenvalue weighted by molar-refractivity contribution is 5.92. The molecule has 4 heteroatoms. The van der Waals surface area contributed by atoms with E-state index in [4.69, 9.17) is 4.74 Å². The van der Waals surface area contributed by atoms with E-state index in [0.717, 1.165) is 11.1 Å². The molecule has 3 aromatic carbocycles. The maximum absolute atomic E-state index is 13.0. The van der Waals surface area contributed by atoms with Gasteiger partial charge in [-0.1, -0.05) is 48.5 Å². The molecule has 0 spiro atoms. The molecule has 0 heterocycles. The number of carboxylic acids is 1. The van der Waals surface area contributed by atoms with Gasteiger partial charge in [-0.05, 0) is 41.0 Å². The van der Waals surface area contributed by atoms with Gasteiger partial charge in [0.2, 0.25) is 0 Å². The fraction of sp³-hybridized carbons (Fsp3) is 0.0500. The van der Waals surface area contributed by atoms with Gasteiger partial charge in [-0.3, -0.25) is 0 Å². The maximum Gasteiger partial charge on any atom is 0.339 e. The van der Waals surface area contributed by atoms with Crippen LogP contribution in [0.3, 0.4) is 0 Å². The second kappa shape index (κ2) is 6.96. The zero-order valence-corrected chi connectivity index (χ0v) is 12.8. The summed E-state index contributed by atoms with van der Waals surface area (Å²) < 4.78 is 18.7. The Hall–Kier alpha value is -3.14. The van der Waals surface area contributed by atoms with Gasteiger partial charge < -0.3 is 9.84 Å². The van der Waals surface area contributed by atoms with Crippen molar-refractivity contribution in [2.24, 2.45) is 0 Å². The third-order valence-electron chi connectivity index (χ3n) is 3.62. The van der Waals surface area contributed by atoms with Gasteiger partial charge in [-0.2, -0.15) is 0 Å². The van der Waals surface area contributed by atoms with Crippen molar-refractivity contribution >= 4 is 5.97 Å². The Bertz CT molecular complexity index is 843. The van der Waals surface area contributed by atoms with E-state index in [9.17, 15) is 14.3 Å². The molecule has 0 bridgehead atoms. The summed E-state index contributed by atoms with van der Waals surface area (Å²) >= 11 is 0. The summed E-state index contributed by atoms with van der Waals surface area (Å²) in [4.78, 5) is 11.5. The van der Waals surface area contributed by atoms with E-state index >= 15 is 0 Å². The van der Waals surface area contributed by atoms with Crippen LogP contribution >= 0.6 is 0 Å². The molecule has 0 unspecified atom stereocenters. The van der Waals surface area contributed by atoms with Crippen molar-refractivity contribution < 1.29 is 19.0 Å². The van der Waals surface area contributed by atoms with Gasteiger partial charge in [0, 0.05) is 0 Å². The number of ether oxygens (including phenoxy) is 1. The summed E-state index contributed by atoms with van der Waals surface area (Å²) in [7, 11) is 0. The molecule has 0 fully saturated rings. The smallest absolute Gasteiger partial charge is 0.339 e. The Labute approximate surface area is 139 Å². The van der Waals surface area contributed by atoms with Gasteiger partial charge in [0.1, 0.15) is 23.7 Å². The van der Waals surface area contributed by atoms with E-state index in [1.165, 1.54) is 18.2 Å². The topological polar surface area (TPSA) is 46.5 Å². The molecule has 0 radical (unpaired) electrons. The second-order valence-corrected chi connectivity index (χ2v) is 5.30. The SMILES string of the molecule is O=C(O)c1cc(-c2ccc(F)cc2)ccc1OCc1ccccc1. The van der Waals surface area contributed by atoms with E-state index in [1.54, 1.807) is 24.3 Å². The Kier molecular flexibility index (Phi) is 4.57. The van der Waals surface area contributed by atoms with Crippen molar-refractivity contribution in [3.8, 4) is 16.9 Å². The summed E-state index contributed by atoms with van der Waals surface area (Å²) in [5.74, 6) is -1.10. The van der Waals surface area contributed by atoms with Crippen molar-refractivity contribution in [3.05, 3.63) is 89.7 Å². The minimum Gasteiger partial charge on any atom is -0.488 e. The molecule has 120 valence electrons. The summed E-state index contributed by atoms with van der Waals surface area (Å²) in [5, 5.41) is 9.44. The quantitative estimate of drug-likeness (QED) is 0.736. The van der Waals surface area contributed by atoms with Gasteiger partial charge in [0.15, 0.2) is 0 Å². The fourth-order valence-corrected chi connectivity index (χ4v) is 2.38. The van der Waals surface area contributed by atoms with Gasteiger partial charge in [0.25, 0.3) is 0 Å². The standard InChI is InChI=1S/C20H15FO3/c21-17-9-6-15(7-10-17)16-8-11-19(18(12-16)20(22)23)24-13-14-4-2-1-3-5-14/h1-12H,13H2,(H,22,23). The molecule has 3 aromatic rings. The van der Waals surface area contributed by atoms with Crippen LogP contribution in [0.2, 0.25) is 0 Å². The number of aromatic carboxylic acids is 1. The molecule has 0 aliphatic carbocycles. The van der Waals surface area contributed by atoms with Crippen molar-refractivity contribution in [3.63, 3.8) is 0 Å². The van der Waals surface area contributed by atoms with Gasteiger partial charge in [-0.15, -0.1) is 0 Å². The van der Waals surface area contributed by atoms with Gasteiger partial charge >= 0.3 is 5.97 Å². The van der Waals surface area contributed by atoms with Crippen LogP contribution < -0.4 is 4.74 Å². The molecule has 0 aliphatic heterocycles. The van der Waals surface area contributed by atoms with E-state index < -0.39 is 5.97 Å². The summed E-state index contributed by atoms with van der Waals surface area (Å²) in [6, 6.07) is 20.4.